The molecule has 0 N–H and O–H groups in total. The first-order valence-electron chi connectivity index (χ1n) is 5.24. The molecule has 1 saturated heterocycles. The maximum Gasteiger partial charge on any atom is 0.236 e. The van der Waals surface area contributed by atoms with Gasteiger partial charge in [0.1, 0.15) is 0 Å². The zero-order valence-electron chi connectivity index (χ0n) is 9.03. The topological polar surface area (TPSA) is 34.1 Å². The van der Waals surface area contributed by atoms with Gasteiger partial charge in [0.05, 0.1) is 5.75 Å². The maximum atomic E-state index is 11.0. The molecule has 2 rings (SSSR count). The van der Waals surface area contributed by atoms with Gasteiger partial charge >= 0.3 is 0 Å². The molecule has 1 unspecified atom stereocenters. The second-order valence-electron chi connectivity index (χ2n) is 4.10. The van der Waals surface area contributed by atoms with Gasteiger partial charge in [-0.05, 0) is 35.3 Å². The van der Waals surface area contributed by atoms with Gasteiger partial charge in [0.2, 0.25) is 9.05 Å². The summed E-state index contributed by atoms with van der Waals surface area (Å²) in [7, 11) is 1.76. The van der Waals surface area contributed by atoms with E-state index in [4.69, 9.17) is 10.7 Å². The van der Waals surface area contributed by atoms with Crippen LogP contribution in [0.5, 0.6) is 0 Å². The first-order valence-corrected chi connectivity index (χ1v) is 9.67. The molecule has 1 atom stereocenters. The van der Waals surface area contributed by atoms with Crippen LogP contribution in [0.1, 0.15) is 23.5 Å². The van der Waals surface area contributed by atoms with E-state index in [1.165, 1.54) is 17.7 Å². The van der Waals surface area contributed by atoms with Crippen LogP contribution >= 0.6 is 38.4 Å². The summed E-state index contributed by atoms with van der Waals surface area (Å²) in [4.78, 5) is 0. The molecular weight excluding hydrogens is 344 g/mol. The van der Waals surface area contributed by atoms with Crippen molar-refractivity contribution < 1.29 is 8.42 Å². The predicted octanol–water partition coefficient (Wildman–Crippen LogP) is 3.74. The first-order chi connectivity index (χ1) is 7.96. The minimum absolute atomic E-state index is 0.118. The summed E-state index contributed by atoms with van der Waals surface area (Å²) >= 11 is 5.48. The Morgan fingerprint density at radius 3 is 2.76 bits per heavy atom. The van der Waals surface area contributed by atoms with Gasteiger partial charge in [0, 0.05) is 20.9 Å². The number of thioether (sulfide) groups is 1. The van der Waals surface area contributed by atoms with Crippen molar-refractivity contribution >= 4 is 47.4 Å². The summed E-state index contributed by atoms with van der Waals surface area (Å²) in [6.45, 7) is 0. The van der Waals surface area contributed by atoms with E-state index < -0.39 is 9.05 Å². The maximum absolute atomic E-state index is 11.0. The van der Waals surface area contributed by atoms with E-state index >= 15 is 0 Å². The second kappa shape index (κ2) is 5.51. The molecule has 6 heteroatoms. The van der Waals surface area contributed by atoms with Crippen molar-refractivity contribution in [3.05, 3.63) is 33.8 Å². The highest BCUT2D eigenvalue weighted by Crippen LogP contribution is 2.36. The summed E-state index contributed by atoms with van der Waals surface area (Å²) in [5.74, 6) is 2.81. The average molecular weight is 356 g/mol. The minimum atomic E-state index is -3.48. The molecule has 1 aliphatic heterocycles. The van der Waals surface area contributed by atoms with E-state index in [2.05, 4.69) is 15.9 Å². The van der Waals surface area contributed by atoms with Crippen LogP contribution in [0.25, 0.3) is 0 Å². The summed E-state index contributed by atoms with van der Waals surface area (Å²) in [5.41, 5.74) is 1.99. The Morgan fingerprint density at radius 1 is 1.47 bits per heavy atom. The van der Waals surface area contributed by atoms with Crippen molar-refractivity contribution in [2.45, 2.75) is 18.1 Å². The van der Waals surface area contributed by atoms with Crippen LogP contribution in [-0.2, 0) is 14.8 Å². The van der Waals surface area contributed by atoms with Gasteiger partial charge in [-0.3, -0.25) is 0 Å². The van der Waals surface area contributed by atoms with Gasteiger partial charge in [-0.2, -0.15) is 11.8 Å². The van der Waals surface area contributed by atoms with Crippen molar-refractivity contribution in [2.24, 2.45) is 0 Å². The number of benzene rings is 1. The van der Waals surface area contributed by atoms with Gasteiger partial charge in [-0.25, -0.2) is 8.42 Å². The third kappa shape index (κ3) is 3.88. The Kier molecular flexibility index (Phi) is 4.45. The van der Waals surface area contributed by atoms with Crippen LogP contribution in [0.4, 0.5) is 0 Å². The fourth-order valence-electron chi connectivity index (χ4n) is 1.97. The third-order valence-corrected chi connectivity index (χ3v) is 5.63. The van der Waals surface area contributed by atoms with E-state index in [1.54, 1.807) is 0 Å². The summed E-state index contributed by atoms with van der Waals surface area (Å²) in [6, 6.07) is 5.72. The molecule has 2 nitrogen and oxygen atoms in total. The molecule has 0 aromatic heterocycles. The highest BCUT2D eigenvalue weighted by Gasteiger charge is 2.20. The molecule has 1 aliphatic rings. The molecule has 1 fully saturated rings. The number of hydrogen-bond donors (Lipinski definition) is 0. The highest BCUT2D eigenvalue weighted by atomic mass is 79.9. The monoisotopic (exact) mass is 354 g/mol. The van der Waals surface area contributed by atoms with Crippen molar-refractivity contribution in [1.82, 2.24) is 0 Å². The Labute approximate surface area is 119 Å². The molecule has 1 heterocycles. The minimum Gasteiger partial charge on any atom is -0.212 e. The van der Waals surface area contributed by atoms with Crippen molar-refractivity contribution in [3.63, 3.8) is 0 Å². The van der Waals surface area contributed by atoms with Crippen LogP contribution in [-0.4, -0.2) is 19.9 Å². The molecule has 0 bridgehead atoms. The zero-order chi connectivity index (χ0) is 12.5. The quantitative estimate of drug-likeness (QED) is 0.775. The van der Waals surface area contributed by atoms with E-state index in [0.29, 0.717) is 5.92 Å². The number of hydrogen-bond acceptors (Lipinski definition) is 3. The van der Waals surface area contributed by atoms with E-state index in [9.17, 15) is 8.42 Å². The van der Waals surface area contributed by atoms with Crippen LogP contribution < -0.4 is 0 Å². The van der Waals surface area contributed by atoms with Gasteiger partial charge < -0.3 is 0 Å². The molecule has 0 aliphatic carbocycles. The zero-order valence-corrected chi connectivity index (χ0v) is 13.0. The largest absolute Gasteiger partial charge is 0.236 e. The lowest BCUT2D eigenvalue weighted by molar-refractivity contribution is 0.609. The summed E-state index contributed by atoms with van der Waals surface area (Å²) in [6.07, 6.45) is 1.19. The Morgan fingerprint density at radius 2 is 2.24 bits per heavy atom. The molecular formula is C11H12BrClO2S2. The lowest BCUT2D eigenvalue weighted by atomic mass is 9.98. The first kappa shape index (κ1) is 13.7. The lowest BCUT2D eigenvalue weighted by Crippen LogP contribution is -2.00. The molecule has 0 amide bonds. The predicted molar refractivity (Wildman–Crippen MR) is 77.3 cm³/mol. The van der Waals surface area contributed by atoms with Gasteiger partial charge in [0.15, 0.2) is 0 Å². The fraction of sp³-hybridized carbons (Fsp3) is 0.455. The van der Waals surface area contributed by atoms with Crippen LogP contribution in [0.2, 0.25) is 0 Å². The van der Waals surface area contributed by atoms with Gasteiger partial charge in [0.25, 0.3) is 0 Å². The average Bonchev–Trinajstić information content (AvgIpc) is 2.68. The molecule has 1 aromatic rings. The molecule has 0 spiro atoms. The van der Waals surface area contributed by atoms with Crippen molar-refractivity contribution in [1.29, 1.82) is 0 Å². The van der Waals surface area contributed by atoms with Crippen molar-refractivity contribution in [3.8, 4) is 0 Å². The summed E-state index contributed by atoms with van der Waals surface area (Å²) < 4.78 is 23.0. The number of halogens is 2. The van der Waals surface area contributed by atoms with E-state index in [-0.39, 0.29) is 5.75 Å². The third-order valence-electron chi connectivity index (χ3n) is 2.77. The van der Waals surface area contributed by atoms with Crippen LogP contribution in [0, 0.1) is 0 Å². The lowest BCUT2D eigenvalue weighted by Gasteiger charge is -2.12. The Hall–Kier alpha value is 0.290. The molecule has 94 valence electrons. The SMILES string of the molecule is O=S(=O)(Cl)Cc1ccc(C2CCSC2)c(Br)c1. The Balaban J connectivity index is 2.22. The molecule has 0 radical (unpaired) electrons. The van der Waals surface area contributed by atoms with E-state index in [0.717, 1.165) is 15.8 Å². The van der Waals surface area contributed by atoms with E-state index in [1.807, 2.05) is 30.0 Å². The van der Waals surface area contributed by atoms with Crippen LogP contribution in [0.15, 0.2) is 22.7 Å². The van der Waals surface area contributed by atoms with Crippen LogP contribution in [0.3, 0.4) is 0 Å². The summed E-state index contributed by atoms with van der Waals surface area (Å²) in [5, 5.41) is 0. The highest BCUT2D eigenvalue weighted by molar-refractivity contribution is 9.10. The van der Waals surface area contributed by atoms with Gasteiger partial charge in [-0.15, -0.1) is 0 Å². The molecule has 1 aromatic carbocycles. The fourth-order valence-corrected chi connectivity index (χ4v) is 4.92. The smallest absolute Gasteiger partial charge is 0.212 e. The second-order valence-corrected chi connectivity index (χ2v) is 8.88. The molecule has 17 heavy (non-hydrogen) atoms. The number of rotatable bonds is 3. The Bertz CT molecular complexity index is 510. The normalized spacial score (nSPS) is 20.7. The molecule has 0 saturated carbocycles. The van der Waals surface area contributed by atoms with Crippen molar-refractivity contribution in [2.75, 3.05) is 11.5 Å². The van der Waals surface area contributed by atoms with Gasteiger partial charge in [-0.1, -0.05) is 28.1 Å². The standard InChI is InChI=1S/C11H12BrClO2S2/c12-11-5-8(7-17(13,14)15)1-2-10(11)9-3-4-16-6-9/h1-2,5,9H,3-4,6-7H2.